The van der Waals surface area contributed by atoms with Crippen molar-refractivity contribution < 1.29 is 4.84 Å². The molecule has 2 aliphatic rings. The fraction of sp³-hybridized carbons (Fsp3) is 0.625. The number of nitrogens with zero attached hydrogens (tertiary/aromatic N) is 2. The molecule has 3 nitrogen and oxygen atoms in total. The molecule has 0 amide bonds. The minimum atomic E-state index is 0.551. The zero-order chi connectivity index (χ0) is 13.3. The van der Waals surface area contributed by atoms with Gasteiger partial charge in [0, 0.05) is 13.6 Å². The molecule has 1 aliphatic carbocycles. The summed E-state index contributed by atoms with van der Waals surface area (Å²) in [7, 11) is 4.32. The maximum Gasteiger partial charge on any atom is 0.0935 e. The van der Waals surface area contributed by atoms with E-state index in [1.807, 2.05) is 6.07 Å². The first kappa shape index (κ1) is 13.1. The third kappa shape index (κ3) is 2.83. The predicted molar refractivity (Wildman–Crippen MR) is 76.6 cm³/mol. The Morgan fingerprint density at radius 2 is 2.00 bits per heavy atom. The number of hydroxylamine groups is 2. The highest BCUT2D eigenvalue weighted by Gasteiger charge is 2.53. The molecule has 1 saturated carbocycles. The topological polar surface area (TPSA) is 15.7 Å². The van der Waals surface area contributed by atoms with Gasteiger partial charge in [-0.2, -0.15) is 5.06 Å². The van der Waals surface area contributed by atoms with Gasteiger partial charge in [0.2, 0.25) is 0 Å². The van der Waals surface area contributed by atoms with Crippen LogP contribution in [0.2, 0.25) is 0 Å². The summed E-state index contributed by atoms with van der Waals surface area (Å²) in [5.74, 6) is 0. The van der Waals surface area contributed by atoms with Crippen molar-refractivity contribution in [3.05, 3.63) is 35.9 Å². The van der Waals surface area contributed by atoms with Gasteiger partial charge in [0.05, 0.1) is 12.6 Å². The molecule has 1 saturated heterocycles. The lowest BCUT2D eigenvalue weighted by Gasteiger charge is -2.41. The van der Waals surface area contributed by atoms with Crippen molar-refractivity contribution >= 4 is 0 Å². The maximum absolute atomic E-state index is 6.00. The number of hydrogen-bond donors (Lipinski definition) is 0. The van der Waals surface area contributed by atoms with Crippen molar-refractivity contribution in [2.24, 2.45) is 5.41 Å². The Kier molecular flexibility index (Phi) is 3.61. The van der Waals surface area contributed by atoms with Gasteiger partial charge in [0.1, 0.15) is 0 Å². The lowest BCUT2D eigenvalue weighted by Crippen LogP contribution is -2.51. The summed E-state index contributed by atoms with van der Waals surface area (Å²) in [4.78, 5) is 8.43. The standard InChI is InChI=1S/C16H24N2O/c1-17-11-10-16(8-9-16)15(12-17)18(2)19-13-14-6-4-3-5-7-14/h3-7,15H,8-13H2,1-2H3/t15-/m0/s1. The fourth-order valence-corrected chi connectivity index (χ4v) is 3.25. The van der Waals surface area contributed by atoms with Gasteiger partial charge < -0.3 is 4.90 Å². The van der Waals surface area contributed by atoms with Crippen molar-refractivity contribution in [1.29, 1.82) is 0 Å². The van der Waals surface area contributed by atoms with Crippen molar-refractivity contribution in [2.75, 3.05) is 27.2 Å². The van der Waals surface area contributed by atoms with Gasteiger partial charge in [-0.3, -0.25) is 4.84 Å². The Balaban J connectivity index is 1.58. The number of piperidine rings is 1. The van der Waals surface area contributed by atoms with Crippen LogP contribution in [0, 0.1) is 5.41 Å². The van der Waals surface area contributed by atoms with E-state index in [0.29, 0.717) is 18.1 Å². The molecule has 1 atom stereocenters. The van der Waals surface area contributed by atoms with Crippen LogP contribution in [0.4, 0.5) is 0 Å². The highest BCUT2D eigenvalue weighted by Crippen LogP contribution is 2.55. The summed E-state index contributed by atoms with van der Waals surface area (Å²) < 4.78 is 0. The van der Waals surface area contributed by atoms with Crippen LogP contribution in [0.25, 0.3) is 0 Å². The van der Waals surface area contributed by atoms with E-state index in [9.17, 15) is 0 Å². The Hall–Kier alpha value is -0.900. The highest BCUT2D eigenvalue weighted by molar-refractivity contribution is 5.13. The van der Waals surface area contributed by atoms with Crippen LogP contribution in [0.5, 0.6) is 0 Å². The third-order valence-corrected chi connectivity index (χ3v) is 4.79. The predicted octanol–water partition coefficient (Wildman–Crippen LogP) is 2.53. The van der Waals surface area contributed by atoms with E-state index in [2.05, 4.69) is 48.3 Å². The summed E-state index contributed by atoms with van der Waals surface area (Å²) in [6.07, 6.45) is 4.09. The lowest BCUT2D eigenvalue weighted by atomic mass is 9.88. The van der Waals surface area contributed by atoms with Gasteiger partial charge >= 0.3 is 0 Å². The quantitative estimate of drug-likeness (QED) is 0.774. The van der Waals surface area contributed by atoms with E-state index >= 15 is 0 Å². The Morgan fingerprint density at radius 1 is 1.26 bits per heavy atom. The van der Waals surface area contributed by atoms with E-state index in [1.54, 1.807) is 0 Å². The molecule has 1 heterocycles. The number of likely N-dealkylation sites (tertiary alicyclic amines) is 1. The third-order valence-electron chi connectivity index (χ3n) is 4.79. The fourth-order valence-electron chi connectivity index (χ4n) is 3.25. The minimum absolute atomic E-state index is 0.551. The average Bonchev–Trinajstić information content (AvgIpc) is 3.21. The Morgan fingerprint density at radius 3 is 2.68 bits per heavy atom. The van der Waals surface area contributed by atoms with Gasteiger partial charge in [-0.05, 0) is 43.8 Å². The number of likely N-dealkylation sites (N-methyl/N-ethyl adjacent to an activating group) is 2. The van der Waals surface area contributed by atoms with Crippen molar-refractivity contribution in [2.45, 2.75) is 31.9 Å². The molecule has 2 fully saturated rings. The second-order valence-electron chi connectivity index (χ2n) is 6.20. The summed E-state index contributed by atoms with van der Waals surface area (Å²) >= 11 is 0. The molecule has 3 heteroatoms. The van der Waals surface area contributed by atoms with Gasteiger partial charge in [-0.15, -0.1) is 0 Å². The SMILES string of the molecule is CN1CCC2(CC2)[C@@H](N(C)OCc2ccccc2)C1. The summed E-state index contributed by atoms with van der Waals surface area (Å²) in [5.41, 5.74) is 1.79. The second kappa shape index (κ2) is 5.23. The van der Waals surface area contributed by atoms with Crippen LogP contribution in [0.15, 0.2) is 30.3 Å². The smallest absolute Gasteiger partial charge is 0.0935 e. The highest BCUT2D eigenvalue weighted by atomic mass is 16.7. The van der Waals surface area contributed by atoms with E-state index in [4.69, 9.17) is 4.84 Å². The summed E-state index contributed by atoms with van der Waals surface area (Å²) in [6, 6.07) is 11.0. The number of benzene rings is 1. The molecule has 0 radical (unpaired) electrons. The van der Waals surface area contributed by atoms with E-state index in [-0.39, 0.29) is 0 Å². The first-order valence-electron chi connectivity index (χ1n) is 7.28. The van der Waals surface area contributed by atoms with Gasteiger partial charge in [0.15, 0.2) is 0 Å². The van der Waals surface area contributed by atoms with Crippen LogP contribution in [-0.4, -0.2) is 43.2 Å². The first-order valence-corrected chi connectivity index (χ1v) is 7.28. The average molecular weight is 260 g/mol. The maximum atomic E-state index is 6.00. The molecular formula is C16H24N2O. The zero-order valence-electron chi connectivity index (χ0n) is 12.0. The molecule has 1 aromatic carbocycles. The first-order chi connectivity index (χ1) is 9.20. The normalized spacial score (nSPS) is 25.9. The van der Waals surface area contributed by atoms with Crippen LogP contribution in [0.1, 0.15) is 24.8 Å². The molecule has 1 aromatic rings. The Labute approximate surface area is 116 Å². The van der Waals surface area contributed by atoms with Crippen molar-refractivity contribution in [3.8, 4) is 0 Å². The van der Waals surface area contributed by atoms with Crippen molar-refractivity contribution in [1.82, 2.24) is 9.96 Å². The van der Waals surface area contributed by atoms with Crippen LogP contribution in [0.3, 0.4) is 0 Å². The molecule has 0 N–H and O–H groups in total. The molecule has 3 rings (SSSR count). The monoisotopic (exact) mass is 260 g/mol. The van der Waals surface area contributed by atoms with Crippen LogP contribution < -0.4 is 0 Å². The molecule has 1 aliphatic heterocycles. The van der Waals surface area contributed by atoms with Crippen molar-refractivity contribution in [3.63, 3.8) is 0 Å². The van der Waals surface area contributed by atoms with E-state index < -0.39 is 0 Å². The lowest BCUT2D eigenvalue weighted by molar-refractivity contribution is -0.201. The molecular weight excluding hydrogens is 236 g/mol. The number of hydrogen-bond acceptors (Lipinski definition) is 3. The van der Waals surface area contributed by atoms with E-state index in [1.165, 1.54) is 31.4 Å². The summed E-state index contributed by atoms with van der Waals surface area (Å²) in [6.45, 7) is 3.04. The molecule has 0 aromatic heterocycles. The molecule has 0 unspecified atom stereocenters. The van der Waals surface area contributed by atoms with Gasteiger partial charge in [-0.25, -0.2) is 0 Å². The zero-order valence-corrected chi connectivity index (χ0v) is 12.0. The summed E-state index contributed by atoms with van der Waals surface area (Å²) in [5, 5.41) is 2.12. The van der Waals surface area contributed by atoms with Gasteiger partial charge in [-0.1, -0.05) is 30.3 Å². The molecule has 1 spiro atoms. The van der Waals surface area contributed by atoms with Crippen LogP contribution >= 0.6 is 0 Å². The van der Waals surface area contributed by atoms with E-state index in [0.717, 1.165) is 6.54 Å². The van der Waals surface area contributed by atoms with Gasteiger partial charge in [0.25, 0.3) is 0 Å². The number of rotatable bonds is 4. The second-order valence-corrected chi connectivity index (χ2v) is 6.20. The molecule has 104 valence electrons. The molecule has 0 bridgehead atoms. The molecule has 19 heavy (non-hydrogen) atoms. The minimum Gasteiger partial charge on any atom is -0.305 e. The largest absolute Gasteiger partial charge is 0.305 e. The Bertz CT molecular complexity index is 416. The van der Waals surface area contributed by atoms with Crippen LogP contribution in [-0.2, 0) is 11.4 Å².